The van der Waals surface area contributed by atoms with Crippen molar-refractivity contribution in [2.45, 2.75) is 32.1 Å². The van der Waals surface area contributed by atoms with E-state index in [0.29, 0.717) is 23.1 Å². The Hall–Kier alpha value is -3.02. The van der Waals surface area contributed by atoms with E-state index in [9.17, 15) is 14.0 Å². The van der Waals surface area contributed by atoms with Crippen LogP contribution in [0.15, 0.2) is 42.5 Å². The van der Waals surface area contributed by atoms with Gasteiger partial charge in [0.25, 0.3) is 5.91 Å². The molecule has 0 saturated heterocycles. The minimum Gasteiger partial charge on any atom is -0.465 e. The third-order valence-corrected chi connectivity index (χ3v) is 4.83. The van der Waals surface area contributed by atoms with Gasteiger partial charge in [-0.25, -0.2) is 9.18 Å². The lowest BCUT2D eigenvalue weighted by Gasteiger charge is -2.36. The highest BCUT2D eigenvalue weighted by Gasteiger charge is 2.35. The van der Waals surface area contributed by atoms with Gasteiger partial charge < -0.3 is 15.0 Å². The number of carbonyl (C=O) groups is 2. The van der Waals surface area contributed by atoms with Gasteiger partial charge in [0.15, 0.2) is 6.30 Å². The summed E-state index contributed by atoms with van der Waals surface area (Å²) < 4.78 is 19.3. The summed E-state index contributed by atoms with van der Waals surface area (Å²) in [4.78, 5) is 25.5. The molecular formula is C21H21FN2O3. The van der Waals surface area contributed by atoms with Crippen molar-refractivity contribution in [2.24, 2.45) is 0 Å². The van der Waals surface area contributed by atoms with E-state index in [0.717, 1.165) is 11.1 Å². The van der Waals surface area contributed by atoms with Gasteiger partial charge in [0, 0.05) is 24.4 Å². The fraction of sp³-hybridized carbons (Fsp3) is 0.286. The van der Waals surface area contributed by atoms with Gasteiger partial charge in [0.05, 0.1) is 12.7 Å². The van der Waals surface area contributed by atoms with Crippen molar-refractivity contribution in [2.75, 3.05) is 7.11 Å². The average molecular weight is 368 g/mol. The molecule has 0 radical (unpaired) electrons. The molecule has 3 rings (SSSR count). The number of alkyl halides is 1. The van der Waals surface area contributed by atoms with Gasteiger partial charge >= 0.3 is 5.97 Å². The zero-order chi connectivity index (χ0) is 19.6. The van der Waals surface area contributed by atoms with Gasteiger partial charge in [-0.3, -0.25) is 4.79 Å². The summed E-state index contributed by atoms with van der Waals surface area (Å²) in [5.74, 6) is -0.748. The van der Waals surface area contributed by atoms with E-state index in [2.05, 4.69) is 4.74 Å². The van der Waals surface area contributed by atoms with E-state index in [1.165, 1.54) is 18.2 Å². The van der Waals surface area contributed by atoms with Crippen LogP contribution >= 0.6 is 0 Å². The number of halogens is 1. The lowest BCUT2D eigenvalue weighted by molar-refractivity contribution is 0.0285. The van der Waals surface area contributed by atoms with Crippen LogP contribution in [0.4, 0.5) is 4.39 Å². The van der Waals surface area contributed by atoms with Crippen molar-refractivity contribution >= 4 is 18.1 Å². The minimum absolute atomic E-state index is 0.123. The molecule has 0 saturated carbocycles. The molecule has 2 aromatic rings. The predicted molar refractivity (Wildman–Crippen MR) is 101 cm³/mol. The van der Waals surface area contributed by atoms with Crippen LogP contribution in [-0.4, -0.2) is 42.4 Å². The number of esters is 1. The van der Waals surface area contributed by atoms with E-state index in [-0.39, 0.29) is 18.4 Å². The first-order chi connectivity index (χ1) is 13.0. The van der Waals surface area contributed by atoms with Gasteiger partial charge in [-0.15, -0.1) is 0 Å². The van der Waals surface area contributed by atoms with Crippen molar-refractivity contribution in [3.63, 3.8) is 0 Å². The molecule has 5 nitrogen and oxygen atoms in total. The number of rotatable bonds is 5. The average Bonchev–Trinajstić information content (AvgIpc) is 2.67. The maximum absolute atomic E-state index is 14.6. The van der Waals surface area contributed by atoms with Crippen molar-refractivity contribution in [1.29, 1.82) is 5.41 Å². The summed E-state index contributed by atoms with van der Waals surface area (Å²) >= 11 is 0. The molecule has 0 bridgehead atoms. The van der Waals surface area contributed by atoms with Crippen LogP contribution in [0.1, 0.15) is 39.6 Å². The van der Waals surface area contributed by atoms with Crippen molar-refractivity contribution in [1.82, 2.24) is 4.90 Å². The number of methoxy groups -OCH3 is 1. The number of benzene rings is 2. The van der Waals surface area contributed by atoms with Crippen molar-refractivity contribution in [3.8, 4) is 11.1 Å². The third kappa shape index (κ3) is 3.60. The number of ether oxygens (including phenoxy) is 1. The first kappa shape index (κ1) is 18.8. The normalized spacial score (nSPS) is 17.2. The first-order valence-corrected chi connectivity index (χ1v) is 8.73. The fourth-order valence-electron chi connectivity index (χ4n) is 3.37. The van der Waals surface area contributed by atoms with Gasteiger partial charge in [0.1, 0.15) is 0 Å². The number of hydrogen-bond donors (Lipinski definition) is 1. The van der Waals surface area contributed by atoms with Crippen LogP contribution in [0.3, 0.4) is 0 Å². The van der Waals surface area contributed by atoms with Crippen LogP contribution in [0.5, 0.6) is 0 Å². The monoisotopic (exact) mass is 368 g/mol. The van der Waals surface area contributed by atoms with E-state index in [1.54, 1.807) is 37.3 Å². The topological polar surface area (TPSA) is 70.5 Å². The van der Waals surface area contributed by atoms with Crippen LogP contribution in [-0.2, 0) is 11.2 Å². The summed E-state index contributed by atoms with van der Waals surface area (Å²) in [6.45, 7) is 1.75. The molecular weight excluding hydrogens is 347 g/mol. The number of nitrogens with one attached hydrogen (secondary N) is 1. The zero-order valence-electron chi connectivity index (χ0n) is 15.2. The second kappa shape index (κ2) is 7.70. The van der Waals surface area contributed by atoms with Crippen molar-refractivity contribution in [3.05, 3.63) is 59.2 Å². The standard InChI is InChI=1S/C21H21FN2O3/c1-13(9-10-23)24-19(22)12-17-11-16(7-8-18(17)20(24)25)14-3-5-15(6-4-14)21(26)27-2/h3-8,10-11,13,19,23H,9,12H2,1-2H3/t13?,19-/m0/s1. The number of nitrogens with zero attached hydrogens (tertiary/aromatic N) is 1. The van der Waals surface area contributed by atoms with E-state index in [1.807, 2.05) is 12.1 Å². The van der Waals surface area contributed by atoms with Crippen molar-refractivity contribution < 1.29 is 18.7 Å². The molecule has 1 aliphatic heterocycles. The van der Waals surface area contributed by atoms with Gasteiger partial charge in [-0.2, -0.15) is 0 Å². The van der Waals surface area contributed by atoms with Gasteiger partial charge in [-0.05, 0) is 48.0 Å². The molecule has 1 N–H and O–H groups in total. The molecule has 27 heavy (non-hydrogen) atoms. The minimum atomic E-state index is -1.41. The van der Waals surface area contributed by atoms with E-state index >= 15 is 0 Å². The Labute approximate surface area is 157 Å². The highest BCUT2D eigenvalue weighted by atomic mass is 19.1. The molecule has 0 aromatic heterocycles. The van der Waals surface area contributed by atoms with Crippen LogP contribution in [0.25, 0.3) is 11.1 Å². The molecule has 1 aliphatic rings. The Bertz CT molecular complexity index is 879. The second-order valence-electron chi connectivity index (χ2n) is 6.58. The zero-order valence-corrected chi connectivity index (χ0v) is 15.2. The maximum Gasteiger partial charge on any atom is 0.337 e. The fourth-order valence-corrected chi connectivity index (χ4v) is 3.37. The molecule has 2 atom stereocenters. The molecule has 1 amide bonds. The highest BCUT2D eigenvalue weighted by molar-refractivity contribution is 5.98. The maximum atomic E-state index is 14.6. The smallest absolute Gasteiger partial charge is 0.337 e. The van der Waals surface area contributed by atoms with Crippen LogP contribution in [0, 0.1) is 5.41 Å². The van der Waals surface area contributed by atoms with Crippen LogP contribution in [0.2, 0.25) is 0 Å². The Balaban J connectivity index is 1.90. The predicted octanol–water partition coefficient (Wildman–Crippen LogP) is 3.86. The molecule has 1 unspecified atom stereocenters. The summed E-state index contributed by atoms with van der Waals surface area (Å²) in [6.07, 6.45) is 0.238. The lowest BCUT2D eigenvalue weighted by Crippen LogP contribution is -2.48. The quantitative estimate of drug-likeness (QED) is 0.495. The molecule has 0 aliphatic carbocycles. The Morgan fingerprint density at radius 2 is 1.96 bits per heavy atom. The Morgan fingerprint density at radius 1 is 1.30 bits per heavy atom. The number of amides is 1. The SMILES string of the molecule is COC(=O)c1ccc(-c2ccc3c(c2)C[C@@H](F)N(C(C)CC=N)C3=O)cc1. The van der Waals surface area contributed by atoms with Gasteiger partial charge in [0.2, 0.25) is 0 Å². The summed E-state index contributed by atoms with van der Waals surface area (Å²) in [7, 11) is 1.33. The largest absolute Gasteiger partial charge is 0.465 e. The highest BCUT2D eigenvalue weighted by Crippen LogP contribution is 2.30. The third-order valence-electron chi connectivity index (χ3n) is 4.83. The number of fused-ring (bicyclic) bond motifs is 1. The first-order valence-electron chi connectivity index (χ1n) is 8.73. The molecule has 140 valence electrons. The van der Waals surface area contributed by atoms with E-state index < -0.39 is 12.3 Å². The number of carbonyl (C=O) groups excluding carboxylic acids is 2. The van der Waals surface area contributed by atoms with E-state index in [4.69, 9.17) is 5.41 Å². The molecule has 0 spiro atoms. The van der Waals surface area contributed by atoms with Crippen LogP contribution < -0.4 is 0 Å². The summed E-state index contributed by atoms with van der Waals surface area (Å²) in [5.41, 5.74) is 3.34. The summed E-state index contributed by atoms with van der Waals surface area (Å²) in [5, 5.41) is 7.19. The molecule has 2 aromatic carbocycles. The number of hydrogen-bond acceptors (Lipinski definition) is 4. The lowest BCUT2D eigenvalue weighted by atomic mass is 9.92. The molecule has 6 heteroatoms. The molecule has 1 heterocycles. The Morgan fingerprint density at radius 3 is 2.59 bits per heavy atom. The summed E-state index contributed by atoms with van der Waals surface area (Å²) in [6, 6.07) is 11.9. The Kier molecular flexibility index (Phi) is 5.35. The van der Waals surface area contributed by atoms with Gasteiger partial charge in [-0.1, -0.05) is 24.3 Å². The molecule has 0 fully saturated rings. The second-order valence-corrected chi connectivity index (χ2v) is 6.58.